The van der Waals surface area contributed by atoms with Gasteiger partial charge in [0.15, 0.2) is 0 Å². The molecule has 0 spiro atoms. The van der Waals surface area contributed by atoms with Gasteiger partial charge in [-0.05, 0) is 50.4 Å². The fourth-order valence-electron chi connectivity index (χ4n) is 3.75. The second kappa shape index (κ2) is 12.9. The molecule has 0 unspecified atom stereocenters. The summed E-state index contributed by atoms with van der Waals surface area (Å²) in [5.41, 5.74) is 1.24. The van der Waals surface area contributed by atoms with Gasteiger partial charge in [-0.3, -0.25) is 9.69 Å². The molecule has 0 atom stereocenters. The SMILES string of the molecule is CCOc1nc(Nc2ccc(OCCN3CCN(C)CC3)cc2)ncc1C(=O)Nc1c(Cl)cccc1Cl. The maximum Gasteiger partial charge on any atom is 0.262 e. The van der Waals surface area contributed by atoms with E-state index in [2.05, 4.69) is 37.4 Å². The number of halogens is 2. The molecule has 1 aromatic heterocycles. The van der Waals surface area contributed by atoms with Crippen LogP contribution in [0.15, 0.2) is 48.7 Å². The van der Waals surface area contributed by atoms with E-state index in [-0.39, 0.29) is 11.4 Å². The zero-order valence-electron chi connectivity index (χ0n) is 20.8. The van der Waals surface area contributed by atoms with E-state index in [1.54, 1.807) is 18.2 Å². The standard InChI is InChI=1S/C26H30Cl2N6O3/c1-3-36-25-20(24(35)31-23-21(27)5-4-6-22(23)28)17-29-26(32-25)30-18-7-9-19(10-8-18)37-16-15-34-13-11-33(2)12-14-34/h4-10,17H,3,11-16H2,1-2H3,(H,31,35)(H,29,30,32). The van der Waals surface area contributed by atoms with Gasteiger partial charge in [0.25, 0.3) is 5.91 Å². The van der Waals surface area contributed by atoms with Crippen molar-refractivity contribution >= 4 is 46.4 Å². The van der Waals surface area contributed by atoms with Gasteiger partial charge in [0.2, 0.25) is 11.8 Å². The van der Waals surface area contributed by atoms with E-state index in [4.69, 9.17) is 32.7 Å². The first kappa shape index (κ1) is 26.9. The average Bonchev–Trinajstić information content (AvgIpc) is 2.89. The van der Waals surface area contributed by atoms with Gasteiger partial charge in [-0.25, -0.2) is 4.98 Å². The molecule has 0 bridgehead atoms. The Bertz CT molecular complexity index is 1180. The lowest BCUT2D eigenvalue weighted by Crippen LogP contribution is -2.45. The van der Waals surface area contributed by atoms with Crippen LogP contribution in [-0.2, 0) is 0 Å². The zero-order valence-corrected chi connectivity index (χ0v) is 22.3. The van der Waals surface area contributed by atoms with Crippen molar-refractivity contribution in [2.75, 3.05) is 63.6 Å². The summed E-state index contributed by atoms with van der Waals surface area (Å²) in [4.78, 5) is 26.3. The molecule has 0 aliphatic carbocycles. The summed E-state index contributed by atoms with van der Waals surface area (Å²) in [7, 11) is 2.15. The third kappa shape index (κ3) is 7.45. The molecule has 196 valence electrons. The largest absolute Gasteiger partial charge is 0.492 e. The number of nitrogens with zero attached hydrogens (tertiary/aromatic N) is 4. The monoisotopic (exact) mass is 544 g/mol. The van der Waals surface area contributed by atoms with Crippen molar-refractivity contribution in [3.8, 4) is 11.6 Å². The molecule has 2 heterocycles. The number of nitrogens with one attached hydrogen (secondary N) is 2. The zero-order chi connectivity index (χ0) is 26.2. The Kier molecular flexibility index (Phi) is 9.40. The lowest BCUT2D eigenvalue weighted by atomic mass is 10.2. The minimum Gasteiger partial charge on any atom is -0.492 e. The molecule has 3 aromatic rings. The molecule has 2 aromatic carbocycles. The predicted octanol–water partition coefficient (Wildman–Crippen LogP) is 4.80. The first-order valence-electron chi connectivity index (χ1n) is 12.1. The summed E-state index contributed by atoms with van der Waals surface area (Å²) >= 11 is 12.3. The van der Waals surface area contributed by atoms with Gasteiger partial charge in [0.05, 0.1) is 22.3 Å². The summed E-state index contributed by atoms with van der Waals surface area (Å²) in [6.45, 7) is 8.00. The molecule has 1 aliphatic heterocycles. The molecular formula is C26H30Cl2N6O3. The maximum atomic E-state index is 12.9. The highest BCUT2D eigenvalue weighted by atomic mass is 35.5. The molecular weight excluding hydrogens is 515 g/mol. The maximum absolute atomic E-state index is 12.9. The van der Waals surface area contributed by atoms with Gasteiger partial charge >= 0.3 is 0 Å². The number of rotatable bonds is 10. The molecule has 1 fully saturated rings. The number of carbonyl (C=O) groups is 1. The number of benzene rings is 2. The normalized spacial score (nSPS) is 14.3. The predicted molar refractivity (Wildman–Crippen MR) is 147 cm³/mol. The van der Waals surface area contributed by atoms with Gasteiger partial charge in [0, 0.05) is 44.6 Å². The van der Waals surface area contributed by atoms with Crippen LogP contribution in [0.2, 0.25) is 10.0 Å². The third-order valence-electron chi connectivity index (χ3n) is 5.86. The molecule has 0 saturated carbocycles. The first-order chi connectivity index (χ1) is 17.9. The van der Waals surface area contributed by atoms with Gasteiger partial charge < -0.3 is 25.0 Å². The van der Waals surface area contributed by atoms with E-state index in [1.807, 2.05) is 31.2 Å². The fraction of sp³-hybridized carbons (Fsp3) is 0.346. The molecule has 9 nitrogen and oxygen atoms in total. The van der Waals surface area contributed by atoms with E-state index in [0.29, 0.717) is 34.9 Å². The molecule has 11 heteroatoms. The Morgan fingerprint density at radius 1 is 1.03 bits per heavy atom. The van der Waals surface area contributed by atoms with E-state index in [1.165, 1.54) is 6.20 Å². The highest BCUT2D eigenvalue weighted by molar-refractivity contribution is 6.40. The van der Waals surface area contributed by atoms with Crippen LogP contribution in [0.3, 0.4) is 0 Å². The Balaban J connectivity index is 1.36. The highest BCUT2D eigenvalue weighted by Gasteiger charge is 2.19. The second-order valence-corrected chi connectivity index (χ2v) is 9.35. The van der Waals surface area contributed by atoms with Crippen molar-refractivity contribution in [1.29, 1.82) is 0 Å². The van der Waals surface area contributed by atoms with Gasteiger partial charge in [-0.2, -0.15) is 4.98 Å². The van der Waals surface area contributed by atoms with Crippen molar-refractivity contribution in [2.45, 2.75) is 6.92 Å². The highest BCUT2D eigenvalue weighted by Crippen LogP contribution is 2.31. The van der Waals surface area contributed by atoms with E-state index >= 15 is 0 Å². The number of likely N-dealkylation sites (N-methyl/N-ethyl adjacent to an activating group) is 1. The number of piperazine rings is 1. The number of hydrogen-bond donors (Lipinski definition) is 2. The summed E-state index contributed by atoms with van der Waals surface area (Å²) in [6, 6.07) is 12.5. The summed E-state index contributed by atoms with van der Waals surface area (Å²) < 4.78 is 11.5. The Morgan fingerprint density at radius 3 is 2.41 bits per heavy atom. The van der Waals surface area contributed by atoms with Gasteiger partial charge in [-0.15, -0.1) is 0 Å². The topological polar surface area (TPSA) is 91.8 Å². The average molecular weight is 545 g/mol. The van der Waals surface area contributed by atoms with Crippen molar-refractivity contribution in [2.24, 2.45) is 0 Å². The summed E-state index contributed by atoms with van der Waals surface area (Å²) in [5.74, 6) is 0.743. The molecule has 37 heavy (non-hydrogen) atoms. The molecule has 1 aliphatic rings. The van der Waals surface area contributed by atoms with Crippen LogP contribution in [0.5, 0.6) is 11.6 Å². The Hall–Kier alpha value is -3.11. The van der Waals surface area contributed by atoms with Crippen LogP contribution in [-0.4, -0.2) is 78.7 Å². The minimum absolute atomic E-state index is 0.143. The van der Waals surface area contributed by atoms with Crippen LogP contribution in [0.4, 0.5) is 17.3 Å². The lowest BCUT2D eigenvalue weighted by Gasteiger charge is -2.32. The molecule has 1 saturated heterocycles. The third-order valence-corrected chi connectivity index (χ3v) is 6.49. The Labute approximate surface area is 226 Å². The molecule has 0 radical (unpaired) electrons. The molecule has 2 N–H and O–H groups in total. The quantitative estimate of drug-likeness (QED) is 0.376. The summed E-state index contributed by atoms with van der Waals surface area (Å²) in [5, 5.41) is 6.49. The van der Waals surface area contributed by atoms with Gasteiger partial charge in [0.1, 0.15) is 17.9 Å². The van der Waals surface area contributed by atoms with E-state index in [0.717, 1.165) is 44.2 Å². The van der Waals surface area contributed by atoms with E-state index in [9.17, 15) is 4.79 Å². The molecule has 4 rings (SSSR count). The number of anilines is 3. The number of ether oxygens (including phenoxy) is 2. The van der Waals surface area contributed by atoms with E-state index < -0.39 is 5.91 Å². The second-order valence-electron chi connectivity index (χ2n) is 8.54. The minimum atomic E-state index is -0.483. The van der Waals surface area contributed by atoms with Crippen molar-refractivity contribution in [1.82, 2.24) is 19.8 Å². The fourth-order valence-corrected chi connectivity index (χ4v) is 4.25. The first-order valence-corrected chi connectivity index (χ1v) is 12.8. The lowest BCUT2D eigenvalue weighted by molar-refractivity contribution is 0.102. The Morgan fingerprint density at radius 2 is 1.73 bits per heavy atom. The van der Waals surface area contributed by atoms with Crippen molar-refractivity contribution < 1.29 is 14.3 Å². The number of hydrogen-bond acceptors (Lipinski definition) is 8. The molecule has 1 amide bonds. The van der Waals surface area contributed by atoms with Crippen LogP contribution in [0, 0.1) is 0 Å². The number of carbonyl (C=O) groups excluding carboxylic acids is 1. The van der Waals surface area contributed by atoms with Crippen LogP contribution in [0.25, 0.3) is 0 Å². The van der Waals surface area contributed by atoms with Crippen molar-refractivity contribution in [3.05, 3.63) is 64.3 Å². The van der Waals surface area contributed by atoms with Crippen molar-refractivity contribution in [3.63, 3.8) is 0 Å². The summed E-state index contributed by atoms with van der Waals surface area (Å²) in [6.07, 6.45) is 1.40. The number of aromatic nitrogens is 2. The van der Waals surface area contributed by atoms with Gasteiger partial charge in [-0.1, -0.05) is 29.3 Å². The van der Waals surface area contributed by atoms with Crippen LogP contribution >= 0.6 is 23.2 Å². The number of para-hydroxylation sites is 1. The van der Waals surface area contributed by atoms with Crippen LogP contribution in [0.1, 0.15) is 17.3 Å². The number of amides is 1. The smallest absolute Gasteiger partial charge is 0.262 e. The van der Waals surface area contributed by atoms with Crippen LogP contribution < -0.4 is 20.1 Å².